The summed E-state index contributed by atoms with van der Waals surface area (Å²) in [4.78, 5) is 12.3. The van der Waals surface area contributed by atoms with Crippen LogP contribution in [0.25, 0.3) is 0 Å². The van der Waals surface area contributed by atoms with Crippen molar-refractivity contribution in [1.82, 2.24) is 5.32 Å². The Morgan fingerprint density at radius 1 is 1.30 bits per heavy atom. The van der Waals surface area contributed by atoms with Gasteiger partial charge in [-0.1, -0.05) is 6.07 Å². The first kappa shape index (κ1) is 15.0. The lowest BCUT2D eigenvalue weighted by molar-refractivity contribution is 0.0950. The van der Waals surface area contributed by atoms with Gasteiger partial charge in [-0.05, 0) is 56.2 Å². The second kappa shape index (κ2) is 5.18. The van der Waals surface area contributed by atoms with E-state index < -0.39 is 10.0 Å². The second-order valence-corrected chi connectivity index (χ2v) is 7.04. The lowest BCUT2D eigenvalue weighted by Crippen LogP contribution is -2.28. The minimum absolute atomic E-state index is 0.0553. The van der Waals surface area contributed by atoms with Crippen LogP contribution in [0.4, 0.5) is 0 Å². The molecule has 0 spiro atoms. The van der Waals surface area contributed by atoms with E-state index in [0.29, 0.717) is 29.2 Å². The number of primary sulfonamides is 1. The summed E-state index contributed by atoms with van der Waals surface area (Å²) >= 11 is 0. The van der Waals surface area contributed by atoms with Gasteiger partial charge in [0.15, 0.2) is 0 Å². The van der Waals surface area contributed by atoms with Crippen molar-refractivity contribution < 1.29 is 13.2 Å². The molecule has 1 fully saturated rings. The van der Waals surface area contributed by atoms with Crippen LogP contribution in [-0.4, -0.2) is 20.9 Å². The van der Waals surface area contributed by atoms with Gasteiger partial charge in [-0.3, -0.25) is 4.79 Å². The Morgan fingerprint density at radius 3 is 2.40 bits per heavy atom. The molecular weight excluding hydrogens is 276 g/mol. The molecule has 0 saturated heterocycles. The summed E-state index contributed by atoms with van der Waals surface area (Å²) in [7, 11) is -3.84. The number of carbonyl (C=O) groups excluding carboxylic acids is 1. The SMILES string of the molecule is Cc1cc(C)c(S(N)(=O)=O)c(C)c1C(=O)NCC1CC1. The van der Waals surface area contributed by atoms with Gasteiger partial charge in [-0.25, -0.2) is 13.6 Å². The highest BCUT2D eigenvalue weighted by atomic mass is 32.2. The molecule has 110 valence electrons. The van der Waals surface area contributed by atoms with Crippen LogP contribution in [0.3, 0.4) is 0 Å². The third kappa shape index (κ3) is 3.02. The van der Waals surface area contributed by atoms with Crippen molar-refractivity contribution in [3.63, 3.8) is 0 Å². The zero-order valence-corrected chi connectivity index (χ0v) is 12.8. The Bertz CT molecular complexity index is 661. The van der Waals surface area contributed by atoms with Crippen molar-refractivity contribution in [2.24, 2.45) is 11.1 Å². The second-order valence-electron chi connectivity index (χ2n) is 5.54. The number of amides is 1. The maximum Gasteiger partial charge on any atom is 0.251 e. The van der Waals surface area contributed by atoms with Gasteiger partial charge >= 0.3 is 0 Å². The van der Waals surface area contributed by atoms with Gasteiger partial charge in [0.05, 0.1) is 4.90 Å². The molecule has 0 atom stereocenters. The van der Waals surface area contributed by atoms with Crippen molar-refractivity contribution in [2.75, 3.05) is 6.54 Å². The summed E-state index contributed by atoms with van der Waals surface area (Å²) in [5.41, 5.74) is 2.18. The van der Waals surface area contributed by atoms with E-state index in [9.17, 15) is 13.2 Å². The third-order valence-electron chi connectivity index (χ3n) is 3.66. The quantitative estimate of drug-likeness (QED) is 0.880. The summed E-state index contributed by atoms with van der Waals surface area (Å²) in [5.74, 6) is 0.347. The molecule has 6 heteroatoms. The molecule has 1 saturated carbocycles. The van der Waals surface area contributed by atoms with Gasteiger partial charge in [0.25, 0.3) is 5.91 Å². The van der Waals surface area contributed by atoms with Crippen LogP contribution in [0.2, 0.25) is 0 Å². The standard InChI is InChI=1S/C14H20N2O3S/c1-8-6-9(2)13(20(15,18)19)10(3)12(8)14(17)16-7-11-4-5-11/h6,11H,4-5,7H2,1-3H3,(H,16,17)(H2,15,18,19). The molecule has 0 aliphatic heterocycles. The third-order valence-corrected chi connectivity index (χ3v) is 4.86. The van der Waals surface area contributed by atoms with E-state index in [-0.39, 0.29) is 10.8 Å². The van der Waals surface area contributed by atoms with E-state index in [1.807, 2.05) is 0 Å². The summed E-state index contributed by atoms with van der Waals surface area (Å²) in [5, 5.41) is 8.12. The molecular formula is C14H20N2O3S. The molecule has 3 N–H and O–H groups in total. The highest BCUT2D eigenvalue weighted by Crippen LogP contribution is 2.28. The number of nitrogens with two attached hydrogens (primary N) is 1. The van der Waals surface area contributed by atoms with E-state index in [2.05, 4.69) is 5.32 Å². The van der Waals surface area contributed by atoms with E-state index >= 15 is 0 Å². The fourth-order valence-corrected chi connectivity index (χ4v) is 3.64. The molecule has 2 rings (SSSR count). The van der Waals surface area contributed by atoms with Crippen LogP contribution in [0.15, 0.2) is 11.0 Å². The van der Waals surface area contributed by atoms with Crippen molar-refractivity contribution in [3.05, 3.63) is 28.3 Å². The van der Waals surface area contributed by atoms with Crippen LogP contribution in [0.5, 0.6) is 0 Å². The zero-order valence-electron chi connectivity index (χ0n) is 12.0. The minimum atomic E-state index is -3.84. The Morgan fingerprint density at radius 2 is 1.90 bits per heavy atom. The first-order valence-corrected chi connectivity index (χ1v) is 8.18. The van der Waals surface area contributed by atoms with Gasteiger partial charge in [-0.15, -0.1) is 0 Å². The molecule has 0 radical (unpaired) electrons. The van der Waals surface area contributed by atoms with Crippen LogP contribution in [0, 0.1) is 26.7 Å². The lowest BCUT2D eigenvalue weighted by atomic mass is 9.99. The Kier molecular flexibility index (Phi) is 3.88. The molecule has 0 unspecified atom stereocenters. The Hall–Kier alpha value is -1.40. The number of rotatable bonds is 4. The molecule has 1 aliphatic rings. The van der Waals surface area contributed by atoms with E-state index in [0.717, 1.165) is 18.4 Å². The molecule has 5 nitrogen and oxygen atoms in total. The van der Waals surface area contributed by atoms with Crippen molar-refractivity contribution >= 4 is 15.9 Å². The van der Waals surface area contributed by atoms with Gasteiger partial charge in [0.2, 0.25) is 10.0 Å². The van der Waals surface area contributed by atoms with E-state index in [1.54, 1.807) is 26.8 Å². The van der Waals surface area contributed by atoms with Crippen LogP contribution >= 0.6 is 0 Å². The maximum atomic E-state index is 12.3. The largest absolute Gasteiger partial charge is 0.352 e. The zero-order chi connectivity index (χ0) is 15.1. The normalized spacial score (nSPS) is 15.2. The molecule has 1 aromatic carbocycles. The average molecular weight is 296 g/mol. The first-order chi connectivity index (χ1) is 9.21. The minimum Gasteiger partial charge on any atom is -0.352 e. The number of sulfonamides is 1. The van der Waals surface area contributed by atoms with Gasteiger partial charge in [-0.2, -0.15) is 0 Å². The van der Waals surface area contributed by atoms with E-state index in [4.69, 9.17) is 5.14 Å². The monoisotopic (exact) mass is 296 g/mol. The lowest BCUT2D eigenvalue weighted by Gasteiger charge is -2.15. The van der Waals surface area contributed by atoms with Crippen molar-refractivity contribution in [1.29, 1.82) is 0 Å². The summed E-state index contributed by atoms with van der Waals surface area (Å²) in [6.45, 7) is 5.77. The van der Waals surface area contributed by atoms with Crippen LogP contribution < -0.4 is 10.5 Å². The number of carbonyl (C=O) groups is 1. The Balaban J connectivity index is 2.43. The van der Waals surface area contributed by atoms with Crippen LogP contribution in [0.1, 0.15) is 39.9 Å². The molecule has 1 amide bonds. The van der Waals surface area contributed by atoms with Crippen LogP contribution in [-0.2, 0) is 10.0 Å². The Labute approximate surface area is 119 Å². The number of nitrogens with one attached hydrogen (secondary N) is 1. The number of hydrogen-bond acceptors (Lipinski definition) is 3. The van der Waals surface area contributed by atoms with Gasteiger partial charge in [0, 0.05) is 12.1 Å². The molecule has 0 heterocycles. The highest BCUT2D eigenvalue weighted by Gasteiger charge is 2.25. The van der Waals surface area contributed by atoms with Gasteiger partial charge in [0.1, 0.15) is 0 Å². The fourth-order valence-electron chi connectivity index (χ4n) is 2.60. The van der Waals surface area contributed by atoms with Crippen molar-refractivity contribution in [2.45, 2.75) is 38.5 Å². The molecule has 1 aliphatic carbocycles. The topological polar surface area (TPSA) is 89.3 Å². The predicted molar refractivity (Wildman–Crippen MR) is 77.1 cm³/mol. The first-order valence-electron chi connectivity index (χ1n) is 6.63. The summed E-state index contributed by atoms with van der Waals surface area (Å²) in [6, 6.07) is 1.69. The number of benzene rings is 1. The molecule has 0 bridgehead atoms. The number of aryl methyl sites for hydroxylation is 2. The number of hydrogen-bond donors (Lipinski definition) is 2. The van der Waals surface area contributed by atoms with Crippen molar-refractivity contribution in [3.8, 4) is 0 Å². The van der Waals surface area contributed by atoms with Gasteiger partial charge < -0.3 is 5.32 Å². The summed E-state index contributed by atoms with van der Waals surface area (Å²) in [6.07, 6.45) is 2.29. The average Bonchev–Trinajstić information content (AvgIpc) is 3.06. The molecule has 20 heavy (non-hydrogen) atoms. The predicted octanol–water partition coefficient (Wildman–Crippen LogP) is 1.40. The maximum absolute atomic E-state index is 12.3. The highest BCUT2D eigenvalue weighted by molar-refractivity contribution is 7.89. The molecule has 0 aromatic heterocycles. The molecule has 1 aromatic rings. The van der Waals surface area contributed by atoms with E-state index in [1.165, 1.54) is 0 Å². The summed E-state index contributed by atoms with van der Waals surface area (Å²) < 4.78 is 23.4. The smallest absolute Gasteiger partial charge is 0.251 e. The fraction of sp³-hybridized carbons (Fsp3) is 0.500.